The first-order valence-corrected chi connectivity index (χ1v) is 12.6. The average molecular weight is 617 g/mol. The van der Waals surface area contributed by atoms with Crippen LogP contribution >= 0.6 is 0 Å². The van der Waals surface area contributed by atoms with Gasteiger partial charge in [0.25, 0.3) is 11.8 Å². The summed E-state index contributed by atoms with van der Waals surface area (Å²) in [7, 11) is 0. The molecule has 0 fully saturated rings. The Morgan fingerprint density at radius 3 is 1.09 bits per heavy atom. The van der Waals surface area contributed by atoms with Gasteiger partial charge in [-0.25, -0.2) is 9.59 Å². The van der Waals surface area contributed by atoms with Gasteiger partial charge < -0.3 is 39.8 Å². The second-order valence-electron chi connectivity index (χ2n) is 8.89. The van der Waals surface area contributed by atoms with E-state index in [2.05, 4.69) is 10.6 Å². The largest absolute Gasteiger partial charge is 0.478 e. The molecule has 4 atom stereocenters. The zero-order valence-corrected chi connectivity index (χ0v) is 23.7. The molecule has 0 heterocycles. The number of anilines is 2. The lowest BCUT2D eigenvalue weighted by atomic mass is 9.99. The summed E-state index contributed by atoms with van der Waals surface area (Å²) >= 11 is 0. The Hall–Kier alpha value is -5.80. The van der Waals surface area contributed by atoms with Gasteiger partial charge in [0.05, 0.1) is 22.5 Å². The van der Waals surface area contributed by atoms with Crippen molar-refractivity contribution in [3.05, 3.63) is 59.7 Å². The third kappa shape index (κ3) is 9.64. The second kappa shape index (κ2) is 15.4. The first kappa shape index (κ1) is 34.4. The van der Waals surface area contributed by atoms with Gasteiger partial charge in [0.1, 0.15) is 0 Å². The Morgan fingerprint density at radius 2 is 0.818 bits per heavy atom. The summed E-state index contributed by atoms with van der Waals surface area (Å²) in [4.78, 5) is 98.8. The molecular weight excluding hydrogens is 588 g/mol. The first-order chi connectivity index (χ1) is 20.6. The molecule has 0 saturated heterocycles. The normalized spacial score (nSPS) is 13.1. The third-order valence-electron chi connectivity index (χ3n) is 5.46. The number of carbonyl (C=O) groups excluding carboxylic acids is 6. The highest BCUT2D eigenvalue weighted by atomic mass is 16.6. The minimum Gasteiger partial charge on any atom is -0.478 e. The molecule has 0 aliphatic rings. The van der Waals surface area contributed by atoms with Crippen LogP contribution in [0.1, 0.15) is 48.4 Å². The van der Waals surface area contributed by atoms with Crippen LogP contribution in [0.15, 0.2) is 48.5 Å². The van der Waals surface area contributed by atoms with Gasteiger partial charge in [-0.05, 0) is 24.3 Å². The SMILES string of the molecule is CC(=O)OC(C(=O)Nc1ccccc1C(=O)O)C(OC(C)=O)C(OC(C)=O)C(OC(C)=O)C(=O)Nc1ccccc1C(=O)O. The molecule has 0 radical (unpaired) electrons. The van der Waals surface area contributed by atoms with Crippen molar-refractivity contribution in [1.82, 2.24) is 0 Å². The highest BCUT2D eigenvalue weighted by molar-refractivity contribution is 6.04. The smallest absolute Gasteiger partial charge is 0.337 e. The highest BCUT2D eigenvalue weighted by Crippen LogP contribution is 2.24. The number of carboxylic acid groups (broad SMARTS) is 2. The maximum atomic E-state index is 13.5. The summed E-state index contributed by atoms with van der Waals surface area (Å²) in [6, 6.07) is 10.2. The van der Waals surface area contributed by atoms with Crippen molar-refractivity contribution in [2.75, 3.05) is 10.6 Å². The minimum atomic E-state index is -2.24. The predicted molar refractivity (Wildman–Crippen MR) is 146 cm³/mol. The molecule has 0 spiro atoms. The van der Waals surface area contributed by atoms with Crippen molar-refractivity contribution >= 4 is 59.0 Å². The van der Waals surface area contributed by atoms with Gasteiger partial charge in [-0.3, -0.25) is 28.8 Å². The second-order valence-corrected chi connectivity index (χ2v) is 8.89. The van der Waals surface area contributed by atoms with Crippen LogP contribution in [-0.2, 0) is 47.7 Å². The first-order valence-electron chi connectivity index (χ1n) is 12.6. The number of hydrogen-bond donors (Lipinski definition) is 4. The van der Waals surface area contributed by atoms with Gasteiger partial charge in [0, 0.05) is 27.7 Å². The van der Waals surface area contributed by atoms with E-state index >= 15 is 0 Å². The summed E-state index contributed by atoms with van der Waals surface area (Å²) in [5, 5.41) is 23.4. The maximum absolute atomic E-state index is 13.5. The van der Waals surface area contributed by atoms with Crippen molar-refractivity contribution in [2.45, 2.75) is 52.1 Å². The quantitative estimate of drug-likeness (QED) is 0.184. The standard InChI is InChI=1S/C28H28N2O14/c1-13(31)41-21(23(43-15(3)33)25(35)29-19-11-7-5-9-17(19)27(37)38)22(42-14(2)32)24(44-16(4)34)26(36)30-20-12-8-6-10-18(20)28(39)40/h5-12,21-24H,1-4H3,(H,29,35)(H,30,36)(H,37,38)(H,39,40). The van der Waals surface area contributed by atoms with Crippen molar-refractivity contribution in [2.24, 2.45) is 0 Å². The zero-order valence-electron chi connectivity index (χ0n) is 23.7. The molecule has 4 N–H and O–H groups in total. The van der Waals surface area contributed by atoms with Crippen LogP contribution in [0.5, 0.6) is 0 Å². The summed E-state index contributed by atoms with van der Waals surface area (Å²) < 4.78 is 20.6. The van der Waals surface area contributed by atoms with Crippen LogP contribution in [0.2, 0.25) is 0 Å². The van der Waals surface area contributed by atoms with Gasteiger partial charge in [-0.1, -0.05) is 24.3 Å². The Labute approximate surface area is 249 Å². The number of ether oxygens (including phenoxy) is 4. The summed E-state index contributed by atoms with van der Waals surface area (Å²) in [5.41, 5.74) is -1.30. The van der Waals surface area contributed by atoms with Gasteiger partial charge in [0.15, 0.2) is 12.2 Å². The van der Waals surface area contributed by atoms with Crippen LogP contribution in [0.25, 0.3) is 0 Å². The predicted octanol–water partition coefficient (Wildman–Crippen LogP) is 1.39. The van der Waals surface area contributed by atoms with E-state index in [0.29, 0.717) is 0 Å². The molecule has 0 aliphatic carbocycles. The third-order valence-corrected chi connectivity index (χ3v) is 5.46. The number of amides is 2. The maximum Gasteiger partial charge on any atom is 0.337 e. The van der Waals surface area contributed by atoms with Gasteiger partial charge >= 0.3 is 35.8 Å². The summed E-state index contributed by atoms with van der Waals surface area (Å²) in [6.45, 7) is 3.47. The minimum absolute atomic E-state index is 0.271. The molecule has 2 aromatic rings. The lowest BCUT2D eigenvalue weighted by Gasteiger charge is -2.34. The Morgan fingerprint density at radius 1 is 0.523 bits per heavy atom. The van der Waals surface area contributed by atoms with Crippen molar-refractivity contribution < 1.29 is 67.5 Å². The molecule has 234 valence electrons. The van der Waals surface area contributed by atoms with Crippen molar-refractivity contribution in [1.29, 1.82) is 0 Å². The topological polar surface area (TPSA) is 238 Å². The molecule has 0 aliphatic heterocycles. The van der Waals surface area contributed by atoms with Crippen LogP contribution in [0.3, 0.4) is 0 Å². The fourth-order valence-corrected chi connectivity index (χ4v) is 3.85. The van der Waals surface area contributed by atoms with Crippen molar-refractivity contribution in [3.8, 4) is 0 Å². The van der Waals surface area contributed by atoms with Crippen LogP contribution in [0.4, 0.5) is 11.4 Å². The van der Waals surface area contributed by atoms with E-state index in [9.17, 15) is 48.6 Å². The van der Waals surface area contributed by atoms with Crippen molar-refractivity contribution in [3.63, 3.8) is 0 Å². The number of carbonyl (C=O) groups is 8. The fraction of sp³-hybridized carbons (Fsp3) is 0.286. The van der Waals surface area contributed by atoms with E-state index < -0.39 is 72.0 Å². The molecule has 16 heteroatoms. The highest BCUT2D eigenvalue weighted by Gasteiger charge is 2.49. The molecule has 16 nitrogen and oxygen atoms in total. The number of rotatable bonds is 13. The van der Waals surface area contributed by atoms with E-state index in [-0.39, 0.29) is 22.5 Å². The fourth-order valence-electron chi connectivity index (χ4n) is 3.85. The lowest BCUT2D eigenvalue weighted by Crippen LogP contribution is -2.57. The van der Waals surface area contributed by atoms with E-state index in [1.807, 2.05) is 0 Å². The van der Waals surface area contributed by atoms with Gasteiger partial charge in [0.2, 0.25) is 12.2 Å². The molecule has 44 heavy (non-hydrogen) atoms. The Balaban J connectivity index is 2.69. The Kier molecular flexibility index (Phi) is 12.1. The van der Waals surface area contributed by atoms with Gasteiger partial charge in [-0.2, -0.15) is 0 Å². The number of esters is 4. The number of para-hydroxylation sites is 2. The number of aromatic carboxylic acids is 2. The molecule has 2 rings (SSSR count). The number of nitrogens with one attached hydrogen (secondary N) is 2. The molecule has 2 aromatic carbocycles. The molecule has 2 amide bonds. The van der Waals surface area contributed by atoms with Crippen LogP contribution < -0.4 is 10.6 Å². The Bertz CT molecular complexity index is 1360. The number of hydrogen-bond acceptors (Lipinski definition) is 12. The molecule has 4 unspecified atom stereocenters. The molecule has 0 bridgehead atoms. The average Bonchev–Trinajstić information content (AvgIpc) is 2.92. The number of carboxylic acids is 2. The van der Waals surface area contributed by atoms with E-state index in [4.69, 9.17) is 18.9 Å². The summed E-state index contributed by atoms with van der Waals surface area (Å²) in [6.07, 6.45) is -8.86. The van der Waals surface area contributed by atoms with E-state index in [1.165, 1.54) is 36.4 Å². The van der Waals surface area contributed by atoms with Gasteiger partial charge in [-0.15, -0.1) is 0 Å². The monoisotopic (exact) mass is 616 g/mol. The molecule has 0 aromatic heterocycles. The number of benzene rings is 2. The van der Waals surface area contributed by atoms with Crippen LogP contribution in [0, 0.1) is 0 Å². The van der Waals surface area contributed by atoms with Crippen LogP contribution in [-0.4, -0.2) is 82.3 Å². The molecule has 0 saturated carbocycles. The lowest BCUT2D eigenvalue weighted by molar-refractivity contribution is -0.198. The van der Waals surface area contributed by atoms with E-state index in [0.717, 1.165) is 39.8 Å². The molecular formula is C28H28N2O14. The zero-order chi connectivity index (χ0) is 33.1. The van der Waals surface area contributed by atoms with E-state index in [1.54, 1.807) is 0 Å². The summed E-state index contributed by atoms with van der Waals surface area (Å²) in [5.74, 6) is -9.99.